The van der Waals surface area contributed by atoms with Gasteiger partial charge in [-0.1, -0.05) is 57.5 Å². The van der Waals surface area contributed by atoms with Crippen molar-refractivity contribution in [2.75, 3.05) is 26.2 Å². The second-order valence-electron chi connectivity index (χ2n) is 10.7. The van der Waals surface area contributed by atoms with Crippen molar-refractivity contribution in [2.45, 2.75) is 79.4 Å². The zero-order chi connectivity index (χ0) is 27.5. The van der Waals surface area contributed by atoms with Gasteiger partial charge in [-0.15, -0.1) is 0 Å². The van der Waals surface area contributed by atoms with E-state index in [9.17, 15) is 14.7 Å². The van der Waals surface area contributed by atoms with Gasteiger partial charge in [0.25, 0.3) is 11.8 Å². The summed E-state index contributed by atoms with van der Waals surface area (Å²) in [6.45, 7) is 14.3. The van der Waals surface area contributed by atoms with Gasteiger partial charge in [0.15, 0.2) is 0 Å². The van der Waals surface area contributed by atoms with Crippen LogP contribution in [0.1, 0.15) is 84.4 Å². The summed E-state index contributed by atoms with van der Waals surface area (Å²) in [7, 11) is 0. The van der Waals surface area contributed by atoms with E-state index in [1.54, 1.807) is 11.0 Å². The second-order valence-corrected chi connectivity index (χ2v) is 10.7. The lowest BCUT2D eigenvalue weighted by molar-refractivity contribution is 0.0563. The molecule has 0 bridgehead atoms. The normalized spacial score (nSPS) is 12.9. The highest BCUT2D eigenvalue weighted by molar-refractivity contribution is 6.00. The monoisotopic (exact) mass is 509 g/mol. The van der Waals surface area contributed by atoms with Crippen LogP contribution < -0.4 is 5.73 Å². The zero-order valence-electron chi connectivity index (χ0n) is 23.7. The standard InChI is InChI=1S/C31H47N3O3/c1-7-14-33(15-8-2)30(36)26-17-24(6)18-27(20-26)31(37)34(16-13-22(3)4)21-29(35)28(32)19-25-11-9-23(5)10-12-25/h9-12,17-18,20,22,28-29,35H,7-8,13-16,19,21,32H2,1-6H3/t28-,29+/m0/s1. The van der Waals surface area contributed by atoms with Crippen molar-refractivity contribution in [1.29, 1.82) is 0 Å². The highest BCUT2D eigenvalue weighted by Gasteiger charge is 2.25. The number of nitrogens with zero attached hydrogens (tertiary/aromatic N) is 2. The Morgan fingerprint density at radius 3 is 1.89 bits per heavy atom. The van der Waals surface area contributed by atoms with Crippen molar-refractivity contribution in [2.24, 2.45) is 11.7 Å². The number of benzene rings is 2. The third-order valence-corrected chi connectivity index (χ3v) is 6.60. The molecule has 0 aliphatic rings. The van der Waals surface area contributed by atoms with Crippen molar-refractivity contribution >= 4 is 11.8 Å². The maximum atomic E-state index is 13.7. The molecule has 0 aromatic heterocycles. The molecule has 2 aromatic carbocycles. The molecule has 0 aliphatic carbocycles. The molecule has 3 N–H and O–H groups in total. The average molecular weight is 510 g/mol. The summed E-state index contributed by atoms with van der Waals surface area (Å²) in [5.41, 5.74) is 10.5. The SMILES string of the molecule is CCCN(CCC)C(=O)c1cc(C)cc(C(=O)N(CCC(C)C)C[C@@H](O)[C@@H](N)Cc2ccc(C)cc2)c1. The quantitative estimate of drug-likeness (QED) is 0.376. The minimum Gasteiger partial charge on any atom is -0.390 e. The second kappa shape index (κ2) is 14.9. The van der Waals surface area contributed by atoms with Gasteiger partial charge in [-0.3, -0.25) is 9.59 Å². The molecule has 2 amide bonds. The van der Waals surface area contributed by atoms with Gasteiger partial charge in [0.2, 0.25) is 0 Å². The summed E-state index contributed by atoms with van der Waals surface area (Å²) in [5.74, 6) is 0.174. The minimum atomic E-state index is -0.868. The molecule has 0 fully saturated rings. The Hall–Kier alpha value is -2.70. The van der Waals surface area contributed by atoms with Gasteiger partial charge >= 0.3 is 0 Å². The third-order valence-electron chi connectivity index (χ3n) is 6.60. The van der Waals surface area contributed by atoms with Crippen molar-refractivity contribution in [1.82, 2.24) is 9.80 Å². The fraction of sp³-hybridized carbons (Fsp3) is 0.548. The van der Waals surface area contributed by atoms with Crippen LogP contribution in [-0.4, -0.2) is 65.0 Å². The molecule has 0 heterocycles. The summed E-state index contributed by atoms with van der Waals surface area (Å²) in [5, 5.41) is 11.0. The van der Waals surface area contributed by atoms with Crippen LogP contribution in [0.25, 0.3) is 0 Å². The van der Waals surface area contributed by atoms with Crippen molar-refractivity contribution in [3.8, 4) is 0 Å². The van der Waals surface area contributed by atoms with Crippen LogP contribution in [0, 0.1) is 19.8 Å². The van der Waals surface area contributed by atoms with Gasteiger partial charge in [-0.25, -0.2) is 0 Å². The molecule has 37 heavy (non-hydrogen) atoms. The molecule has 2 atom stereocenters. The lowest BCUT2D eigenvalue weighted by Crippen LogP contribution is -2.47. The topological polar surface area (TPSA) is 86.9 Å². The van der Waals surface area contributed by atoms with Crippen molar-refractivity contribution in [3.63, 3.8) is 0 Å². The Bertz CT molecular complexity index is 997. The number of amides is 2. The maximum absolute atomic E-state index is 13.7. The van der Waals surface area contributed by atoms with Gasteiger partial charge in [-0.05, 0) is 74.8 Å². The average Bonchev–Trinajstić information content (AvgIpc) is 2.86. The number of carbonyl (C=O) groups is 2. The number of rotatable bonds is 14. The van der Waals surface area contributed by atoms with E-state index in [4.69, 9.17) is 5.73 Å². The summed E-state index contributed by atoms with van der Waals surface area (Å²) in [6, 6.07) is 13.0. The van der Waals surface area contributed by atoms with E-state index in [1.165, 1.54) is 5.56 Å². The van der Waals surface area contributed by atoms with Crippen LogP contribution in [0.5, 0.6) is 0 Å². The Kier molecular flexibility index (Phi) is 12.3. The predicted octanol–water partition coefficient (Wildman–Crippen LogP) is 4.98. The summed E-state index contributed by atoms with van der Waals surface area (Å²) < 4.78 is 0. The molecule has 2 rings (SSSR count). The number of carbonyl (C=O) groups excluding carboxylic acids is 2. The number of aliphatic hydroxyl groups excluding tert-OH is 1. The number of aliphatic hydroxyl groups is 1. The van der Waals surface area contributed by atoms with E-state index >= 15 is 0 Å². The van der Waals surface area contributed by atoms with Crippen LogP contribution in [0.15, 0.2) is 42.5 Å². The van der Waals surface area contributed by atoms with E-state index in [-0.39, 0.29) is 18.4 Å². The first kappa shape index (κ1) is 30.5. The molecule has 204 valence electrons. The van der Waals surface area contributed by atoms with Gasteiger partial charge in [-0.2, -0.15) is 0 Å². The Labute approximate surface area is 223 Å². The maximum Gasteiger partial charge on any atom is 0.253 e. The zero-order valence-corrected chi connectivity index (χ0v) is 23.7. The summed E-state index contributed by atoms with van der Waals surface area (Å²) >= 11 is 0. The number of nitrogens with two attached hydrogens (primary N) is 1. The fourth-order valence-electron chi connectivity index (χ4n) is 4.43. The number of aryl methyl sites for hydroxylation is 2. The van der Waals surface area contributed by atoms with E-state index in [1.807, 2.05) is 55.1 Å². The van der Waals surface area contributed by atoms with Gasteiger partial charge in [0.1, 0.15) is 0 Å². The molecule has 0 spiro atoms. The lowest BCUT2D eigenvalue weighted by Gasteiger charge is -2.29. The van der Waals surface area contributed by atoms with Crippen LogP contribution in [-0.2, 0) is 6.42 Å². The third kappa shape index (κ3) is 9.60. The predicted molar refractivity (Wildman–Crippen MR) is 152 cm³/mol. The summed E-state index contributed by atoms with van der Waals surface area (Å²) in [4.78, 5) is 30.5. The molecule has 6 nitrogen and oxygen atoms in total. The minimum absolute atomic E-state index is 0.0460. The Morgan fingerprint density at radius 2 is 1.38 bits per heavy atom. The van der Waals surface area contributed by atoms with Gasteiger partial charge < -0.3 is 20.6 Å². The van der Waals surface area contributed by atoms with Gasteiger partial charge in [0.05, 0.1) is 6.10 Å². The highest BCUT2D eigenvalue weighted by Crippen LogP contribution is 2.17. The molecule has 0 radical (unpaired) electrons. The van der Waals surface area contributed by atoms with Crippen LogP contribution >= 0.6 is 0 Å². The van der Waals surface area contributed by atoms with Crippen LogP contribution in [0.3, 0.4) is 0 Å². The molecule has 0 aliphatic heterocycles. The molecule has 0 unspecified atom stereocenters. The fourth-order valence-corrected chi connectivity index (χ4v) is 4.43. The largest absolute Gasteiger partial charge is 0.390 e. The molecule has 2 aromatic rings. The van der Waals surface area contributed by atoms with Crippen molar-refractivity contribution < 1.29 is 14.7 Å². The van der Waals surface area contributed by atoms with E-state index in [0.29, 0.717) is 43.1 Å². The highest BCUT2D eigenvalue weighted by atomic mass is 16.3. The Morgan fingerprint density at radius 1 is 0.838 bits per heavy atom. The number of hydrogen-bond donors (Lipinski definition) is 2. The first-order chi connectivity index (χ1) is 17.5. The van der Waals surface area contributed by atoms with E-state index < -0.39 is 12.1 Å². The molecule has 0 saturated heterocycles. The lowest BCUT2D eigenvalue weighted by atomic mass is 9.99. The first-order valence-corrected chi connectivity index (χ1v) is 13.7. The molecular weight excluding hydrogens is 462 g/mol. The Balaban J connectivity index is 2.25. The molecule has 0 saturated carbocycles. The van der Waals surface area contributed by atoms with E-state index in [2.05, 4.69) is 27.7 Å². The summed E-state index contributed by atoms with van der Waals surface area (Å²) in [6.07, 6.45) is 2.24. The van der Waals surface area contributed by atoms with Crippen LogP contribution in [0.2, 0.25) is 0 Å². The molecule has 6 heteroatoms. The first-order valence-electron chi connectivity index (χ1n) is 13.7. The van der Waals surface area contributed by atoms with E-state index in [0.717, 1.165) is 30.4 Å². The van der Waals surface area contributed by atoms with Gasteiger partial charge in [0, 0.05) is 43.3 Å². The molecular formula is C31H47N3O3. The van der Waals surface area contributed by atoms with Crippen LogP contribution in [0.4, 0.5) is 0 Å². The number of hydrogen-bond acceptors (Lipinski definition) is 4. The smallest absolute Gasteiger partial charge is 0.253 e. The van der Waals surface area contributed by atoms with Crippen molar-refractivity contribution in [3.05, 3.63) is 70.3 Å².